The summed E-state index contributed by atoms with van der Waals surface area (Å²) in [6, 6.07) is 6.39. The number of rotatable bonds is 3. The molecule has 0 aromatic heterocycles. The molecule has 0 saturated carbocycles. The van der Waals surface area contributed by atoms with Crippen LogP contribution < -0.4 is 9.64 Å². The van der Waals surface area contributed by atoms with Gasteiger partial charge in [0.05, 0.1) is 13.2 Å². The summed E-state index contributed by atoms with van der Waals surface area (Å²) < 4.78 is 5.34. The zero-order valence-corrected chi connectivity index (χ0v) is 11.5. The summed E-state index contributed by atoms with van der Waals surface area (Å²) in [7, 11) is 3.61. The van der Waals surface area contributed by atoms with Crippen molar-refractivity contribution in [3.05, 3.63) is 23.3 Å². The molecular weight excluding hydrogens is 212 g/mol. The van der Waals surface area contributed by atoms with Crippen LogP contribution in [0.1, 0.15) is 25.0 Å². The minimum atomic E-state index is -0.520. The van der Waals surface area contributed by atoms with E-state index in [0.29, 0.717) is 0 Å². The fourth-order valence-corrected chi connectivity index (χ4v) is 1.84. The highest BCUT2D eigenvalue weighted by molar-refractivity contribution is 5.58. The van der Waals surface area contributed by atoms with Gasteiger partial charge >= 0.3 is 0 Å². The van der Waals surface area contributed by atoms with Crippen molar-refractivity contribution in [2.45, 2.75) is 33.2 Å². The van der Waals surface area contributed by atoms with Gasteiger partial charge in [-0.25, -0.2) is 0 Å². The predicted molar refractivity (Wildman–Crippen MR) is 70.6 cm³/mol. The van der Waals surface area contributed by atoms with Gasteiger partial charge in [-0.05, 0) is 51.0 Å². The lowest BCUT2D eigenvalue weighted by Crippen LogP contribution is -2.39. The van der Waals surface area contributed by atoms with Crippen molar-refractivity contribution in [3.8, 4) is 11.8 Å². The van der Waals surface area contributed by atoms with Gasteiger partial charge in [-0.15, -0.1) is 0 Å². The molecule has 3 nitrogen and oxygen atoms in total. The van der Waals surface area contributed by atoms with Crippen LogP contribution >= 0.6 is 0 Å². The quantitative estimate of drug-likeness (QED) is 0.803. The van der Waals surface area contributed by atoms with Crippen LogP contribution in [0.2, 0.25) is 0 Å². The third-order valence-corrected chi connectivity index (χ3v) is 3.15. The molecule has 0 fully saturated rings. The number of ether oxygens (including phenoxy) is 1. The summed E-state index contributed by atoms with van der Waals surface area (Å²) in [5.74, 6) is 0.914. The molecule has 0 spiro atoms. The average molecular weight is 232 g/mol. The molecule has 0 heterocycles. The highest BCUT2D eigenvalue weighted by Gasteiger charge is 2.23. The Morgan fingerprint density at radius 3 is 2.06 bits per heavy atom. The van der Waals surface area contributed by atoms with E-state index in [0.717, 1.165) is 22.6 Å². The molecule has 1 rings (SSSR count). The lowest BCUT2D eigenvalue weighted by molar-refractivity contribution is 0.408. The first-order chi connectivity index (χ1) is 7.83. The minimum Gasteiger partial charge on any atom is -0.496 e. The molecule has 0 N–H and O–H groups in total. The number of aryl methyl sites for hydroxylation is 2. The van der Waals surface area contributed by atoms with Gasteiger partial charge in [0.1, 0.15) is 11.3 Å². The second-order valence-corrected chi connectivity index (χ2v) is 4.84. The van der Waals surface area contributed by atoms with E-state index in [4.69, 9.17) is 10.00 Å². The maximum Gasteiger partial charge on any atom is 0.124 e. The molecule has 1 aromatic rings. The number of hydrogen-bond donors (Lipinski definition) is 0. The number of hydrogen-bond acceptors (Lipinski definition) is 3. The summed E-state index contributed by atoms with van der Waals surface area (Å²) in [5, 5.41) is 9.15. The van der Waals surface area contributed by atoms with Gasteiger partial charge in [0.15, 0.2) is 0 Å². The fraction of sp³-hybridized carbons (Fsp3) is 0.500. The second-order valence-electron chi connectivity index (χ2n) is 4.84. The monoisotopic (exact) mass is 232 g/mol. The molecule has 0 atom stereocenters. The summed E-state index contributed by atoms with van der Waals surface area (Å²) in [4.78, 5) is 1.98. The molecule has 0 amide bonds. The maximum atomic E-state index is 9.15. The van der Waals surface area contributed by atoms with E-state index in [1.165, 1.54) is 0 Å². The maximum absolute atomic E-state index is 9.15. The van der Waals surface area contributed by atoms with Crippen LogP contribution in [0.5, 0.6) is 5.75 Å². The van der Waals surface area contributed by atoms with Crippen LogP contribution in [-0.2, 0) is 0 Å². The van der Waals surface area contributed by atoms with E-state index in [1.54, 1.807) is 7.11 Å². The van der Waals surface area contributed by atoms with E-state index >= 15 is 0 Å². The van der Waals surface area contributed by atoms with Gasteiger partial charge in [0.25, 0.3) is 0 Å². The number of nitrogens with zero attached hydrogens (tertiary/aromatic N) is 2. The zero-order valence-electron chi connectivity index (χ0n) is 11.5. The summed E-state index contributed by atoms with van der Waals surface area (Å²) in [6.07, 6.45) is 0. The Morgan fingerprint density at radius 1 is 1.24 bits per heavy atom. The van der Waals surface area contributed by atoms with Crippen molar-refractivity contribution in [3.63, 3.8) is 0 Å². The van der Waals surface area contributed by atoms with E-state index in [-0.39, 0.29) is 0 Å². The smallest absolute Gasteiger partial charge is 0.124 e. The molecule has 0 aliphatic rings. The third-order valence-electron chi connectivity index (χ3n) is 3.15. The lowest BCUT2D eigenvalue weighted by Gasteiger charge is -2.32. The molecule has 0 saturated heterocycles. The fourth-order valence-electron chi connectivity index (χ4n) is 1.84. The number of nitriles is 1. The van der Waals surface area contributed by atoms with Crippen LogP contribution in [0.4, 0.5) is 5.69 Å². The molecule has 17 heavy (non-hydrogen) atoms. The highest BCUT2D eigenvalue weighted by Crippen LogP contribution is 2.30. The molecule has 0 unspecified atom stereocenters. The highest BCUT2D eigenvalue weighted by atomic mass is 16.5. The predicted octanol–water partition coefficient (Wildman–Crippen LogP) is 3.05. The molecule has 0 bridgehead atoms. The van der Waals surface area contributed by atoms with Crippen molar-refractivity contribution in [1.29, 1.82) is 5.26 Å². The molecule has 92 valence electrons. The summed E-state index contributed by atoms with van der Waals surface area (Å²) in [6.45, 7) is 7.84. The SMILES string of the molecule is COc1c(C)cc(N(C)C(C)(C)C#N)cc1C. The van der Waals surface area contributed by atoms with E-state index < -0.39 is 5.54 Å². The van der Waals surface area contributed by atoms with Crippen LogP contribution in [0.15, 0.2) is 12.1 Å². The van der Waals surface area contributed by atoms with Crippen molar-refractivity contribution in [2.75, 3.05) is 19.1 Å². The van der Waals surface area contributed by atoms with Gasteiger partial charge in [0.2, 0.25) is 0 Å². The van der Waals surface area contributed by atoms with Gasteiger partial charge in [0, 0.05) is 12.7 Å². The van der Waals surface area contributed by atoms with Crippen LogP contribution in [0.25, 0.3) is 0 Å². The molecular formula is C14H20N2O. The molecule has 0 radical (unpaired) electrons. The Bertz CT molecular complexity index is 435. The first-order valence-corrected chi connectivity index (χ1v) is 5.64. The van der Waals surface area contributed by atoms with Crippen molar-refractivity contribution in [1.82, 2.24) is 0 Å². The topological polar surface area (TPSA) is 36.3 Å². The first-order valence-electron chi connectivity index (χ1n) is 5.64. The summed E-state index contributed by atoms with van der Waals surface area (Å²) in [5.41, 5.74) is 2.69. The third kappa shape index (κ3) is 2.52. The molecule has 3 heteroatoms. The summed E-state index contributed by atoms with van der Waals surface area (Å²) >= 11 is 0. The minimum absolute atomic E-state index is 0.520. The van der Waals surface area contributed by atoms with Gasteiger partial charge in [-0.1, -0.05) is 0 Å². The Balaban J connectivity index is 3.23. The van der Waals surface area contributed by atoms with Crippen LogP contribution in [0, 0.1) is 25.2 Å². The van der Waals surface area contributed by atoms with Crippen molar-refractivity contribution < 1.29 is 4.74 Å². The average Bonchev–Trinajstić information content (AvgIpc) is 2.27. The van der Waals surface area contributed by atoms with E-state index in [1.807, 2.05) is 51.8 Å². The number of methoxy groups -OCH3 is 1. The standard InChI is InChI=1S/C14H20N2O/c1-10-7-12(8-11(2)13(10)17-6)16(5)14(3,4)9-15/h7-8H,1-6H3. The number of anilines is 1. The largest absolute Gasteiger partial charge is 0.496 e. The Morgan fingerprint density at radius 2 is 1.71 bits per heavy atom. The lowest BCUT2D eigenvalue weighted by atomic mass is 10.0. The second kappa shape index (κ2) is 4.67. The molecule has 0 aliphatic heterocycles. The van der Waals surface area contributed by atoms with Gasteiger partial charge in [-0.3, -0.25) is 0 Å². The number of benzene rings is 1. The van der Waals surface area contributed by atoms with Crippen molar-refractivity contribution >= 4 is 5.69 Å². The Labute approximate surface area is 104 Å². The van der Waals surface area contributed by atoms with Gasteiger partial charge < -0.3 is 9.64 Å². The molecule has 0 aliphatic carbocycles. The Hall–Kier alpha value is -1.69. The normalized spacial score (nSPS) is 10.9. The molecule has 1 aromatic carbocycles. The van der Waals surface area contributed by atoms with E-state index in [9.17, 15) is 0 Å². The van der Waals surface area contributed by atoms with E-state index in [2.05, 4.69) is 6.07 Å². The zero-order chi connectivity index (χ0) is 13.2. The van der Waals surface area contributed by atoms with Crippen molar-refractivity contribution in [2.24, 2.45) is 0 Å². The van der Waals surface area contributed by atoms with Gasteiger partial charge in [-0.2, -0.15) is 5.26 Å². The van der Waals surface area contributed by atoms with Crippen LogP contribution in [0.3, 0.4) is 0 Å². The Kier molecular flexibility index (Phi) is 3.67. The first kappa shape index (κ1) is 13.4. The van der Waals surface area contributed by atoms with Crippen LogP contribution in [-0.4, -0.2) is 19.7 Å².